The second kappa shape index (κ2) is 5.65. The number of hydrogen-bond donors (Lipinski definition) is 3. The Morgan fingerprint density at radius 2 is 2.36 bits per heavy atom. The van der Waals surface area contributed by atoms with Crippen molar-refractivity contribution in [3.05, 3.63) is 11.9 Å². The first kappa shape index (κ1) is 11.0. The van der Waals surface area contributed by atoms with Crippen molar-refractivity contribution in [2.75, 3.05) is 18.4 Å². The predicted octanol–water partition coefficient (Wildman–Crippen LogP) is 1.37. The molecule has 4 nitrogen and oxygen atoms in total. The van der Waals surface area contributed by atoms with Gasteiger partial charge in [0.25, 0.3) is 0 Å². The van der Waals surface area contributed by atoms with Gasteiger partial charge in [-0.3, -0.25) is 5.10 Å². The van der Waals surface area contributed by atoms with Gasteiger partial charge in [0.15, 0.2) is 0 Å². The molecule has 0 aliphatic rings. The molecule has 1 aromatic rings. The molecule has 0 atom stereocenters. The monoisotopic (exact) mass is 196 g/mol. The van der Waals surface area contributed by atoms with Crippen LogP contribution in [0, 0.1) is 5.92 Å². The molecule has 1 rings (SSSR count). The fourth-order valence-corrected chi connectivity index (χ4v) is 1.35. The molecule has 4 N–H and O–H groups in total. The normalized spacial score (nSPS) is 10.9. The van der Waals surface area contributed by atoms with Gasteiger partial charge in [-0.25, -0.2) is 0 Å². The standard InChI is InChI=1S/C10H20N4/c1-8(2)6-9-10(7-13-14-9)12-5-3-4-11/h7-8,12H,3-6,11H2,1-2H3,(H,13,14). The van der Waals surface area contributed by atoms with Gasteiger partial charge in [-0.2, -0.15) is 5.10 Å². The zero-order valence-electron chi connectivity index (χ0n) is 9.01. The van der Waals surface area contributed by atoms with Crippen LogP contribution in [0.2, 0.25) is 0 Å². The van der Waals surface area contributed by atoms with E-state index in [1.165, 1.54) is 5.69 Å². The SMILES string of the molecule is CC(C)Cc1[nH]ncc1NCCCN. The summed E-state index contributed by atoms with van der Waals surface area (Å²) in [7, 11) is 0. The lowest BCUT2D eigenvalue weighted by Crippen LogP contribution is -2.09. The molecule has 0 spiro atoms. The number of aromatic amines is 1. The summed E-state index contributed by atoms with van der Waals surface area (Å²) in [5.74, 6) is 0.644. The molecular weight excluding hydrogens is 176 g/mol. The zero-order valence-corrected chi connectivity index (χ0v) is 9.01. The molecule has 1 heterocycles. The van der Waals surface area contributed by atoms with E-state index in [4.69, 9.17) is 5.73 Å². The summed E-state index contributed by atoms with van der Waals surface area (Å²) < 4.78 is 0. The van der Waals surface area contributed by atoms with Gasteiger partial charge in [0.1, 0.15) is 0 Å². The summed E-state index contributed by atoms with van der Waals surface area (Å²) in [5, 5.41) is 10.4. The number of rotatable bonds is 6. The van der Waals surface area contributed by atoms with Crippen molar-refractivity contribution in [2.45, 2.75) is 26.7 Å². The van der Waals surface area contributed by atoms with E-state index >= 15 is 0 Å². The average molecular weight is 196 g/mol. The van der Waals surface area contributed by atoms with E-state index in [2.05, 4.69) is 29.4 Å². The first-order valence-corrected chi connectivity index (χ1v) is 5.20. The molecule has 0 aromatic carbocycles. The molecule has 80 valence electrons. The van der Waals surface area contributed by atoms with Crippen molar-refractivity contribution >= 4 is 5.69 Å². The van der Waals surface area contributed by atoms with Gasteiger partial charge in [0.2, 0.25) is 0 Å². The summed E-state index contributed by atoms with van der Waals surface area (Å²) in [6, 6.07) is 0. The first-order chi connectivity index (χ1) is 6.74. The van der Waals surface area contributed by atoms with Crippen LogP contribution in [-0.4, -0.2) is 23.3 Å². The molecule has 0 saturated carbocycles. The number of nitrogens with two attached hydrogens (primary N) is 1. The van der Waals surface area contributed by atoms with Crippen LogP contribution in [0.3, 0.4) is 0 Å². The second-order valence-corrected chi connectivity index (χ2v) is 3.93. The van der Waals surface area contributed by atoms with Crippen LogP contribution in [0.25, 0.3) is 0 Å². The van der Waals surface area contributed by atoms with E-state index in [1.54, 1.807) is 0 Å². The molecule has 0 unspecified atom stereocenters. The maximum Gasteiger partial charge on any atom is 0.0756 e. The van der Waals surface area contributed by atoms with E-state index in [9.17, 15) is 0 Å². The molecule has 1 aromatic heterocycles. The quantitative estimate of drug-likeness (QED) is 0.602. The highest BCUT2D eigenvalue weighted by molar-refractivity contribution is 5.45. The molecular formula is C10H20N4. The minimum absolute atomic E-state index is 0.644. The Balaban J connectivity index is 2.45. The van der Waals surface area contributed by atoms with Crippen molar-refractivity contribution < 1.29 is 0 Å². The Hall–Kier alpha value is -1.03. The van der Waals surface area contributed by atoms with E-state index in [0.29, 0.717) is 5.92 Å². The number of nitrogens with zero attached hydrogens (tertiary/aromatic N) is 1. The van der Waals surface area contributed by atoms with Crippen molar-refractivity contribution in [2.24, 2.45) is 11.7 Å². The van der Waals surface area contributed by atoms with Crippen LogP contribution in [0.1, 0.15) is 26.0 Å². The highest BCUT2D eigenvalue weighted by atomic mass is 15.1. The Morgan fingerprint density at radius 1 is 1.57 bits per heavy atom. The van der Waals surface area contributed by atoms with Crippen LogP contribution in [-0.2, 0) is 6.42 Å². The number of hydrogen-bond acceptors (Lipinski definition) is 3. The van der Waals surface area contributed by atoms with Gasteiger partial charge in [0, 0.05) is 6.54 Å². The van der Waals surface area contributed by atoms with Crippen LogP contribution in [0.5, 0.6) is 0 Å². The van der Waals surface area contributed by atoms with E-state index in [-0.39, 0.29) is 0 Å². The van der Waals surface area contributed by atoms with Crippen molar-refractivity contribution in [3.8, 4) is 0 Å². The average Bonchev–Trinajstić information content (AvgIpc) is 2.52. The van der Waals surface area contributed by atoms with Gasteiger partial charge < -0.3 is 11.1 Å². The van der Waals surface area contributed by atoms with Gasteiger partial charge in [-0.1, -0.05) is 13.8 Å². The lowest BCUT2D eigenvalue weighted by Gasteiger charge is -2.07. The van der Waals surface area contributed by atoms with Crippen molar-refractivity contribution in [3.63, 3.8) is 0 Å². The summed E-state index contributed by atoms with van der Waals surface area (Å²) in [6.45, 7) is 6.04. The molecule has 0 amide bonds. The predicted molar refractivity (Wildman–Crippen MR) is 59.3 cm³/mol. The Morgan fingerprint density at radius 3 is 3.00 bits per heavy atom. The van der Waals surface area contributed by atoms with Gasteiger partial charge in [-0.15, -0.1) is 0 Å². The van der Waals surface area contributed by atoms with E-state index < -0.39 is 0 Å². The first-order valence-electron chi connectivity index (χ1n) is 5.20. The van der Waals surface area contributed by atoms with Gasteiger partial charge in [0.05, 0.1) is 17.6 Å². The maximum atomic E-state index is 5.42. The van der Waals surface area contributed by atoms with Crippen LogP contribution < -0.4 is 11.1 Å². The Kier molecular flexibility index (Phi) is 4.46. The smallest absolute Gasteiger partial charge is 0.0756 e. The Bertz CT molecular complexity index is 254. The number of H-pyrrole nitrogens is 1. The Labute approximate surface area is 85.3 Å². The molecule has 0 bridgehead atoms. The summed E-state index contributed by atoms with van der Waals surface area (Å²) in [4.78, 5) is 0. The van der Waals surface area contributed by atoms with Crippen molar-refractivity contribution in [1.29, 1.82) is 0 Å². The molecule has 0 aliphatic heterocycles. The molecule has 0 radical (unpaired) electrons. The molecule has 0 saturated heterocycles. The molecule has 0 aliphatic carbocycles. The topological polar surface area (TPSA) is 66.7 Å². The molecule has 4 heteroatoms. The lowest BCUT2D eigenvalue weighted by atomic mass is 10.1. The third-order valence-corrected chi connectivity index (χ3v) is 2.03. The fraction of sp³-hybridized carbons (Fsp3) is 0.700. The molecule has 14 heavy (non-hydrogen) atoms. The summed E-state index contributed by atoms with van der Waals surface area (Å²) in [6.07, 6.45) is 3.87. The van der Waals surface area contributed by atoms with Crippen LogP contribution in [0.15, 0.2) is 6.20 Å². The number of anilines is 1. The van der Waals surface area contributed by atoms with E-state index in [0.717, 1.165) is 31.6 Å². The maximum absolute atomic E-state index is 5.42. The van der Waals surface area contributed by atoms with E-state index in [1.807, 2.05) is 6.20 Å². The third kappa shape index (κ3) is 3.38. The van der Waals surface area contributed by atoms with Crippen molar-refractivity contribution in [1.82, 2.24) is 10.2 Å². The lowest BCUT2D eigenvalue weighted by molar-refractivity contribution is 0.634. The highest BCUT2D eigenvalue weighted by Crippen LogP contribution is 2.15. The molecule has 0 fully saturated rings. The fourth-order valence-electron chi connectivity index (χ4n) is 1.35. The largest absolute Gasteiger partial charge is 0.382 e. The van der Waals surface area contributed by atoms with Gasteiger partial charge >= 0.3 is 0 Å². The van der Waals surface area contributed by atoms with Gasteiger partial charge in [-0.05, 0) is 25.3 Å². The van der Waals surface area contributed by atoms with Crippen LogP contribution in [0.4, 0.5) is 5.69 Å². The third-order valence-electron chi connectivity index (χ3n) is 2.03. The highest BCUT2D eigenvalue weighted by Gasteiger charge is 2.05. The summed E-state index contributed by atoms with van der Waals surface area (Å²) >= 11 is 0. The van der Waals surface area contributed by atoms with Crippen LogP contribution >= 0.6 is 0 Å². The number of aromatic nitrogens is 2. The summed E-state index contributed by atoms with van der Waals surface area (Å²) in [5.41, 5.74) is 7.73. The second-order valence-electron chi connectivity index (χ2n) is 3.93. The zero-order chi connectivity index (χ0) is 10.4. The number of nitrogens with one attached hydrogen (secondary N) is 2. The minimum Gasteiger partial charge on any atom is -0.382 e. The minimum atomic E-state index is 0.644.